The third-order valence-corrected chi connectivity index (χ3v) is 4.68. The van der Waals surface area contributed by atoms with Crippen molar-refractivity contribution in [2.45, 2.75) is 12.5 Å². The molecular formula is C8H11N3O3S2. The highest BCUT2D eigenvalue weighted by Gasteiger charge is 2.28. The van der Waals surface area contributed by atoms with Crippen LogP contribution in [0.15, 0.2) is 11.6 Å². The topological polar surface area (TPSA) is 88.2 Å². The first-order chi connectivity index (χ1) is 7.55. The SMILES string of the molecule is O=C(Nc1nccs1)NC1CCS(=O)(=O)C1. The molecule has 0 spiro atoms. The molecule has 2 N–H and O–H groups in total. The van der Waals surface area contributed by atoms with Gasteiger partial charge in [0.2, 0.25) is 0 Å². The van der Waals surface area contributed by atoms with E-state index in [9.17, 15) is 13.2 Å². The molecule has 0 radical (unpaired) electrons. The zero-order chi connectivity index (χ0) is 11.6. The molecular weight excluding hydrogens is 250 g/mol. The van der Waals surface area contributed by atoms with Crippen LogP contribution in [0, 0.1) is 0 Å². The lowest BCUT2D eigenvalue weighted by Crippen LogP contribution is -2.38. The van der Waals surface area contributed by atoms with Crippen LogP contribution < -0.4 is 10.6 Å². The summed E-state index contributed by atoms with van der Waals surface area (Å²) in [6.45, 7) is 0. The summed E-state index contributed by atoms with van der Waals surface area (Å²) in [5.74, 6) is 0.174. The van der Waals surface area contributed by atoms with Crippen LogP contribution in [0.25, 0.3) is 0 Å². The van der Waals surface area contributed by atoms with Crippen LogP contribution in [0.4, 0.5) is 9.93 Å². The van der Waals surface area contributed by atoms with Crippen molar-refractivity contribution in [1.29, 1.82) is 0 Å². The number of hydrogen-bond acceptors (Lipinski definition) is 5. The average Bonchev–Trinajstić information content (AvgIpc) is 2.76. The van der Waals surface area contributed by atoms with E-state index in [0.29, 0.717) is 11.6 Å². The Morgan fingerprint density at radius 3 is 2.94 bits per heavy atom. The van der Waals surface area contributed by atoms with E-state index in [1.165, 1.54) is 11.3 Å². The number of carbonyl (C=O) groups excluding carboxylic acids is 1. The molecule has 16 heavy (non-hydrogen) atoms. The number of nitrogens with one attached hydrogen (secondary N) is 2. The number of amides is 2. The van der Waals surface area contributed by atoms with Gasteiger partial charge in [-0.1, -0.05) is 0 Å². The Morgan fingerprint density at radius 2 is 2.38 bits per heavy atom. The summed E-state index contributed by atoms with van der Waals surface area (Å²) in [6, 6.07) is -0.693. The van der Waals surface area contributed by atoms with Gasteiger partial charge in [0, 0.05) is 17.6 Å². The molecule has 2 rings (SSSR count). The van der Waals surface area contributed by atoms with Crippen LogP contribution in [-0.4, -0.2) is 37.0 Å². The van der Waals surface area contributed by atoms with Crippen LogP contribution in [0.3, 0.4) is 0 Å². The minimum absolute atomic E-state index is 0.0261. The summed E-state index contributed by atoms with van der Waals surface area (Å²) >= 11 is 1.31. The lowest BCUT2D eigenvalue weighted by Gasteiger charge is -2.10. The van der Waals surface area contributed by atoms with E-state index in [1.807, 2.05) is 0 Å². The number of rotatable bonds is 2. The van der Waals surface area contributed by atoms with Gasteiger partial charge >= 0.3 is 6.03 Å². The molecule has 1 aliphatic rings. The Kier molecular flexibility index (Phi) is 3.10. The molecule has 1 saturated heterocycles. The van der Waals surface area contributed by atoms with E-state index in [0.717, 1.165) is 0 Å². The fourth-order valence-electron chi connectivity index (χ4n) is 1.51. The maximum absolute atomic E-state index is 11.4. The van der Waals surface area contributed by atoms with Crippen LogP contribution in [0.5, 0.6) is 0 Å². The van der Waals surface area contributed by atoms with Gasteiger partial charge in [-0.25, -0.2) is 18.2 Å². The Balaban J connectivity index is 1.85. The first kappa shape index (κ1) is 11.3. The van der Waals surface area contributed by atoms with Gasteiger partial charge in [0.1, 0.15) is 0 Å². The highest BCUT2D eigenvalue weighted by molar-refractivity contribution is 7.91. The van der Waals surface area contributed by atoms with Crippen molar-refractivity contribution < 1.29 is 13.2 Å². The second kappa shape index (κ2) is 4.38. The normalized spacial score (nSPS) is 22.9. The zero-order valence-electron chi connectivity index (χ0n) is 8.34. The summed E-state index contributed by atoms with van der Waals surface area (Å²) in [5, 5.41) is 7.39. The third-order valence-electron chi connectivity index (χ3n) is 2.22. The molecule has 0 aromatic carbocycles. The molecule has 1 atom stereocenters. The molecule has 88 valence electrons. The summed E-state index contributed by atoms with van der Waals surface area (Å²) in [6.07, 6.45) is 2.06. The number of hydrogen-bond donors (Lipinski definition) is 2. The Bertz CT molecular complexity index is 469. The van der Waals surface area contributed by atoms with E-state index in [2.05, 4.69) is 15.6 Å². The molecule has 6 nitrogen and oxygen atoms in total. The Morgan fingerprint density at radius 1 is 1.56 bits per heavy atom. The highest BCUT2D eigenvalue weighted by atomic mass is 32.2. The number of carbonyl (C=O) groups is 1. The fourth-order valence-corrected chi connectivity index (χ4v) is 3.71. The van der Waals surface area contributed by atoms with Gasteiger partial charge in [-0.2, -0.15) is 0 Å². The van der Waals surface area contributed by atoms with Crippen molar-refractivity contribution in [2.24, 2.45) is 0 Å². The predicted molar refractivity (Wildman–Crippen MR) is 61.3 cm³/mol. The number of anilines is 1. The molecule has 1 aromatic rings. The van der Waals surface area contributed by atoms with E-state index in [1.54, 1.807) is 11.6 Å². The molecule has 0 saturated carbocycles. The van der Waals surface area contributed by atoms with Crippen molar-refractivity contribution in [1.82, 2.24) is 10.3 Å². The molecule has 8 heteroatoms. The summed E-state index contributed by atoms with van der Waals surface area (Å²) in [7, 11) is -2.96. The van der Waals surface area contributed by atoms with Gasteiger partial charge in [0.05, 0.1) is 11.5 Å². The molecule has 2 heterocycles. The maximum atomic E-state index is 11.4. The van der Waals surface area contributed by atoms with Crippen molar-refractivity contribution in [3.8, 4) is 0 Å². The lowest BCUT2D eigenvalue weighted by molar-refractivity contribution is 0.249. The van der Waals surface area contributed by atoms with Crippen molar-refractivity contribution in [3.05, 3.63) is 11.6 Å². The first-order valence-corrected chi connectivity index (χ1v) is 7.43. The van der Waals surface area contributed by atoms with Gasteiger partial charge in [-0.15, -0.1) is 11.3 Å². The number of urea groups is 1. The molecule has 1 unspecified atom stereocenters. The molecule has 1 aromatic heterocycles. The molecule has 0 bridgehead atoms. The molecule has 1 fully saturated rings. The standard InChI is InChI=1S/C8H11N3O3S2/c12-7(11-8-9-2-3-15-8)10-6-1-4-16(13,14)5-6/h2-3,6H,1,4-5H2,(H2,9,10,11,12). The van der Waals surface area contributed by atoms with Gasteiger partial charge in [0.25, 0.3) is 0 Å². The molecule has 2 amide bonds. The number of nitrogens with zero attached hydrogens (tertiary/aromatic N) is 1. The molecule has 0 aliphatic carbocycles. The van der Waals surface area contributed by atoms with Crippen LogP contribution in [0.2, 0.25) is 0 Å². The lowest BCUT2D eigenvalue weighted by atomic mass is 10.3. The number of sulfone groups is 1. The highest BCUT2D eigenvalue weighted by Crippen LogP contribution is 2.13. The summed E-state index contributed by atoms with van der Waals surface area (Å²) < 4.78 is 22.3. The first-order valence-electron chi connectivity index (χ1n) is 4.72. The minimum Gasteiger partial charge on any atom is -0.334 e. The van der Waals surface area contributed by atoms with Crippen LogP contribution >= 0.6 is 11.3 Å². The number of thiazole rings is 1. The van der Waals surface area contributed by atoms with Crippen molar-refractivity contribution >= 4 is 32.3 Å². The van der Waals surface area contributed by atoms with E-state index in [4.69, 9.17) is 0 Å². The van der Waals surface area contributed by atoms with Gasteiger partial charge in [-0.05, 0) is 6.42 Å². The van der Waals surface area contributed by atoms with Crippen molar-refractivity contribution in [3.63, 3.8) is 0 Å². The second-order valence-corrected chi connectivity index (χ2v) is 6.66. The monoisotopic (exact) mass is 261 g/mol. The van der Waals surface area contributed by atoms with Gasteiger partial charge in [-0.3, -0.25) is 5.32 Å². The smallest absolute Gasteiger partial charge is 0.321 e. The minimum atomic E-state index is -2.96. The quantitative estimate of drug-likeness (QED) is 0.809. The van der Waals surface area contributed by atoms with Crippen LogP contribution in [-0.2, 0) is 9.84 Å². The van der Waals surface area contributed by atoms with Gasteiger partial charge in [0.15, 0.2) is 15.0 Å². The zero-order valence-corrected chi connectivity index (χ0v) is 9.97. The van der Waals surface area contributed by atoms with E-state index >= 15 is 0 Å². The third kappa shape index (κ3) is 2.92. The Hall–Kier alpha value is -1.15. The summed E-state index contributed by atoms with van der Waals surface area (Å²) in [4.78, 5) is 15.3. The predicted octanol–water partition coefficient (Wildman–Crippen LogP) is 0.452. The largest absolute Gasteiger partial charge is 0.334 e. The Labute approximate surface area is 97.0 Å². The van der Waals surface area contributed by atoms with Crippen LogP contribution in [0.1, 0.15) is 6.42 Å². The number of aromatic nitrogens is 1. The van der Waals surface area contributed by atoms with Crippen molar-refractivity contribution in [2.75, 3.05) is 16.8 Å². The van der Waals surface area contributed by atoms with E-state index in [-0.39, 0.29) is 17.5 Å². The molecule has 1 aliphatic heterocycles. The van der Waals surface area contributed by atoms with E-state index < -0.39 is 15.9 Å². The summed E-state index contributed by atoms with van der Waals surface area (Å²) in [5.41, 5.74) is 0. The van der Waals surface area contributed by atoms with Gasteiger partial charge < -0.3 is 5.32 Å². The average molecular weight is 261 g/mol. The fraction of sp³-hybridized carbons (Fsp3) is 0.500. The second-order valence-electron chi connectivity index (χ2n) is 3.54. The maximum Gasteiger partial charge on any atom is 0.321 e.